The average Bonchev–Trinajstić information content (AvgIpc) is 3.02. The van der Waals surface area contributed by atoms with E-state index in [1.165, 1.54) is 0 Å². The number of ether oxygens (including phenoxy) is 4. The van der Waals surface area contributed by atoms with Crippen LogP contribution in [0.2, 0.25) is 0 Å². The summed E-state index contributed by atoms with van der Waals surface area (Å²) in [5, 5.41) is 1.00. The Kier molecular flexibility index (Phi) is 7.88. The van der Waals surface area contributed by atoms with Crippen molar-refractivity contribution in [2.75, 3.05) is 39.6 Å². The molecular formula is C25H31NO6. The lowest BCUT2D eigenvalue weighted by molar-refractivity contribution is -0.145. The number of cyclic esters (lactones) is 2. The predicted molar refractivity (Wildman–Crippen MR) is 122 cm³/mol. The van der Waals surface area contributed by atoms with Gasteiger partial charge in [-0.15, -0.1) is 0 Å². The molecule has 0 atom stereocenters. The van der Waals surface area contributed by atoms with Gasteiger partial charge in [0, 0.05) is 29.2 Å². The molecule has 3 rings (SSSR count). The van der Waals surface area contributed by atoms with Crippen molar-refractivity contribution in [2.45, 2.75) is 27.7 Å². The van der Waals surface area contributed by atoms with Crippen molar-refractivity contribution in [1.29, 1.82) is 0 Å². The highest BCUT2D eigenvalue weighted by atomic mass is 16.6. The fraction of sp³-hybridized carbons (Fsp3) is 0.440. The zero-order valence-corrected chi connectivity index (χ0v) is 19.4. The van der Waals surface area contributed by atoms with Crippen molar-refractivity contribution < 1.29 is 28.5 Å². The van der Waals surface area contributed by atoms with E-state index in [-0.39, 0.29) is 37.6 Å². The molecule has 1 saturated heterocycles. The number of fused-ring (bicyclic) bond motifs is 1. The molecule has 0 bridgehead atoms. The standard InChI is InChI=1S/C25H31NO6/c1-16(2)21-23(17(3)22-18(4)26(5)20-9-7-6-8-19(20)22)25(28)32-15-13-30-11-10-29-12-14-31-24(21)27/h6-9H,10-15H2,1-5H3/b23-17-. The highest BCUT2D eigenvalue weighted by Gasteiger charge is 2.29. The summed E-state index contributed by atoms with van der Waals surface area (Å²) in [5.74, 6) is -1.13. The second-order valence-electron chi connectivity index (χ2n) is 7.91. The Morgan fingerprint density at radius 3 is 1.94 bits per heavy atom. The second-order valence-corrected chi connectivity index (χ2v) is 7.91. The molecule has 1 aliphatic heterocycles. The van der Waals surface area contributed by atoms with Gasteiger partial charge in [0.1, 0.15) is 13.2 Å². The van der Waals surface area contributed by atoms with Crippen molar-refractivity contribution in [3.63, 3.8) is 0 Å². The van der Waals surface area contributed by atoms with Crippen molar-refractivity contribution in [2.24, 2.45) is 7.05 Å². The van der Waals surface area contributed by atoms with Gasteiger partial charge in [0.25, 0.3) is 0 Å². The molecule has 2 aromatic rings. The minimum absolute atomic E-state index is 0.0786. The van der Waals surface area contributed by atoms with Crippen LogP contribution in [0.25, 0.3) is 16.5 Å². The van der Waals surface area contributed by atoms with Gasteiger partial charge in [0.05, 0.1) is 37.6 Å². The SMILES string of the molecule is CC(C)=C1C(=O)OCCOCCOCCOC(=O)/C1=C(/C)c1c(C)n(C)c2ccccc12. The summed E-state index contributed by atoms with van der Waals surface area (Å²) in [6.45, 7) is 8.86. The van der Waals surface area contributed by atoms with Crippen molar-refractivity contribution in [3.8, 4) is 0 Å². The van der Waals surface area contributed by atoms with Crippen molar-refractivity contribution >= 4 is 28.4 Å². The molecule has 0 unspecified atom stereocenters. The third-order valence-electron chi connectivity index (χ3n) is 5.60. The molecule has 0 amide bonds. The zero-order valence-electron chi connectivity index (χ0n) is 19.4. The van der Waals surface area contributed by atoms with E-state index in [0.29, 0.717) is 24.4 Å². The first-order valence-corrected chi connectivity index (χ1v) is 10.8. The smallest absolute Gasteiger partial charge is 0.339 e. The first-order valence-electron chi connectivity index (χ1n) is 10.8. The van der Waals surface area contributed by atoms with E-state index in [4.69, 9.17) is 18.9 Å². The molecule has 0 saturated carbocycles. The fourth-order valence-corrected chi connectivity index (χ4v) is 3.97. The molecule has 1 fully saturated rings. The Morgan fingerprint density at radius 2 is 1.34 bits per heavy atom. The monoisotopic (exact) mass is 441 g/mol. The number of carbonyl (C=O) groups is 2. The molecule has 7 heteroatoms. The number of benzene rings is 1. The number of esters is 2. The van der Waals surface area contributed by atoms with Gasteiger partial charge < -0.3 is 23.5 Å². The Morgan fingerprint density at radius 1 is 0.812 bits per heavy atom. The van der Waals surface area contributed by atoms with E-state index in [1.807, 2.05) is 45.2 Å². The maximum absolute atomic E-state index is 13.3. The first kappa shape index (κ1) is 23.8. The van der Waals surface area contributed by atoms with Crippen molar-refractivity contribution in [3.05, 3.63) is 52.2 Å². The fourth-order valence-electron chi connectivity index (χ4n) is 3.97. The van der Waals surface area contributed by atoms with Gasteiger partial charge in [-0.25, -0.2) is 9.59 Å². The molecule has 1 aromatic heterocycles. The van der Waals surface area contributed by atoms with E-state index in [2.05, 4.69) is 4.57 Å². The average molecular weight is 442 g/mol. The summed E-state index contributed by atoms with van der Waals surface area (Å²) in [4.78, 5) is 26.4. The highest BCUT2D eigenvalue weighted by molar-refractivity contribution is 6.14. The Balaban J connectivity index is 2.19. The molecular weight excluding hydrogens is 410 g/mol. The molecule has 1 aliphatic rings. The number of hydrogen-bond donors (Lipinski definition) is 0. The number of aromatic nitrogens is 1. The maximum atomic E-state index is 13.3. The Labute approximate surface area is 188 Å². The highest BCUT2D eigenvalue weighted by Crippen LogP contribution is 2.35. The molecule has 7 nitrogen and oxygen atoms in total. The minimum Gasteiger partial charge on any atom is -0.460 e. The van der Waals surface area contributed by atoms with Gasteiger partial charge in [-0.05, 0) is 39.3 Å². The largest absolute Gasteiger partial charge is 0.460 e. The third kappa shape index (κ3) is 4.95. The topological polar surface area (TPSA) is 76.0 Å². The third-order valence-corrected chi connectivity index (χ3v) is 5.60. The second kappa shape index (κ2) is 10.6. The van der Waals surface area contributed by atoms with Gasteiger partial charge in [0.2, 0.25) is 0 Å². The summed E-state index contributed by atoms with van der Waals surface area (Å²) in [5.41, 5.74) is 4.71. The van der Waals surface area contributed by atoms with E-state index in [0.717, 1.165) is 22.2 Å². The van der Waals surface area contributed by atoms with Gasteiger partial charge in [-0.2, -0.15) is 0 Å². The Bertz CT molecular complexity index is 1070. The number of nitrogens with zero attached hydrogens (tertiary/aromatic N) is 1. The number of hydrogen-bond acceptors (Lipinski definition) is 6. The van der Waals surface area contributed by atoms with Crippen LogP contribution in [0.1, 0.15) is 32.0 Å². The Hall–Kier alpha value is -2.90. The van der Waals surface area contributed by atoms with Crippen LogP contribution in [0.3, 0.4) is 0 Å². The lowest BCUT2D eigenvalue weighted by Crippen LogP contribution is -2.23. The quantitative estimate of drug-likeness (QED) is 0.496. The van der Waals surface area contributed by atoms with Gasteiger partial charge in [-0.3, -0.25) is 0 Å². The number of rotatable bonds is 1. The number of aryl methyl sites for hydroxylation is 1. The first-order chi connectivity index (χ1) is 15.3. The van der Waals surface area contributed by atoms with Gasteiger partial charge >= 0.3 is 11.9 Å². The normalized spacial score (nSPS) is 18.7. The van der Waals surface area contributed by atoms with E-state index >= 15 is 0 Å². The van der Waals surface area contributed by atoms with Crippen LogP contribution < -0.4 is 0 Å². The van der Waals surface area contributed by atoms with Crippen LogP contribution in [-0.4, -0.2) is 56.1 Å². The van der Waals surface area contributed by atoms with Crippen LogP contribution in [0.4, 0.5) is 0 Å². The molecule has 0 radical (unpaired) electrons. The van der Waals surface area contributed by atoms with Gasteiger partial charge in [-0.1, -0.05) is 23.8 Å². The maximum Gasteiger partial charge on any atom is 0.339 e. The zero-order chi connectivity index (χ0) is 23.3. The molecule has 0 aliphatic carbocycles. The number of carbonyl (C=O) groups excluding carboxylic acids is 2. The lowest BCUT2D eigenvalue weighted by atomic mass is 9.91. The predicted octanol–water partition coefficient (Wildman–Crippen LogP) is 3.73. The minimum atomic E-state index is -0.570. The van der Waals surface area contributed by atoms with Crippen molar-refractivity contribution in [1.82, 2.24) is 4.57 Å². The van der Waals surface area contributed by atoms with Crippen LogP contribution >= 0.6 is 0 Å². The van der Waals surface area contributed by atoms with Crippen LogP contribution in [0, 0.1) is 6.92 Å². The van der Waals surface area contributed by atoms with Crippen LogP contribution in [0.5, 0.6) is 0 Å². The molecule has 1 aromatic carbocycles. The lowest BCUT2D eigenvalue weighted by Gasteiger charge is -2.18. The van der Waals surface area contributed by atoms with Gasteiger partial charge in [0.15, 0.2) is 0 Å². The van der Waals surface area contributed by atoms with E-state index in [9.17, 15) is 9.59 Å². The van der Waals surface area contributed by atoms with Crippen LogP contribution in [-0.2, 0) is 35.6 Å². The molecule has 0 N–H and O–H groups in total. The van der Waals surface area contributed by atoms with E-state index in [1.54, 1.807) is 13.8 Å². The van der Waals surface area contributed by atoms with Crippen LogP contribution in [0.15, 0.2) is 41.0 Å². The number of para-hydroxylation sites is 1. The van der Waals surface area contributed by atoms with E-state index < -0.39 is 11.9 Å². The summed E-state index contributed by atoms with van der Waals surface area (Å²) in [6.07, 6.45) is 0. The number of allylic oxidation sites excluding steroid dienone is 2. The summed E-state index contributed by atoms with van der Waals surface area (Å²) in [7, 11) is 1.98. The molecule has 0 spiro atoms. The summed E-state index contributed by atoms with van der Waals surface area (Å²) in [6, 6.07) is 7.98. The molecule has 172 valence electrons. The summed E-state index contributed by atoms with van der Waals surface area (Å²) < 4.78 is 23.9. The summed E-state index contributed by atoms with van der Waals surface area (Å²) >= 11 is 0. The molecule has 2 heterocycles. The molecule has 32 heavy (non-hydrogen) atoms.